The largest absolute Gasteiger partial charge is 0.395 e. The van der Waals surface area contributed by atoms with Crippen molar-refractivity contribution in [2.45, 2.75) is 12.6 Å². The van der Waals surface area contributed by atoms with Crippen molar-refractivity contribution in [2.24, 2.45) is 0 Å². The highest BCUT2D eigenvalue weighted by Crippen LogP contribution is 2.26. The van der Waals surface area contributed by atoms with Gasteiger partial charge in [0.25, 0.3) is 0 Å². The molecular weight excluding hydrogens is 234 g/mol. The van der Waals surface area contributed by atoms with Gasteiger partial charge >= 0.3 is 0 Å². The molecule has 3 nitrogen and oxygen atoms in total. The number of aliphatic hydroxyl groups excluding tert-OH is 2. The van der Waals surface area contributed by atoms with Crippen molar-refractivity contribution in [3.05, 3.63) is 35.2 Å². The van der Waals surface area contributed by atoms with E-state index in [1.807, 2.05) is 24.1 Å². The zero-order chi connectivity index (χ0) is 12.3. The predicted molar refractivity (Wildman–Crippen MR) is 71.3 cm³/mol. The number of rotatable bonds is 5. The van der Waals surface area contributed by atoms with E-state index >= 15 is 0 Å². The highest BCUT2D eigenvalue weighted by Gasteiger charge is 2.14. The first-order valence-electron chi connectivity index (χ1n) is 5.63. The van der Waals surface area contributed by atoms with Crippen molar-refractivity contribution in [3.63, 3.8) is 0 Å². The lowest BCUT2D eigenvalue weighted by molar-refractivity contribution is 0.0877. The molecule has 0 spiro atoms. The van der Waals surface area contributed by atoms with E-state index < -0.39 is 0 Å². The van der Waals surface area contributed by atoms with Crippen LogP contribution in [0.3, 0.4) is 0 Å². The molecule has 2 aromatic rings. The van der Waals surface area contributed by atoms with Crippen LogP contribution in [0.15, 0.2) is 29.6 Å². The van der Waals surface area contributed by atoms with E-state index in [9.17, 15) is 0 Å². The van der Waals surface area contributed by atoms with Gasteiger partial charge in [-0.3, -0.25) is 4.90 Å². The number of likely N-dealkylation sites (N-methyl/N-ethyl adjacent to an activating group) is 1. The van der Waals surface area contributed by atoms with Crippen LogP contribution >= 0.6 is 11.3 Å². The Morgan fingerprint density at radius 1 is 1.24 bits per heavy atom. The second-order valence-electron chi connectivity index (χ2n) is 4.19. The van der Waals surface area contributed by atoms with Crippen LogP contribution < -0.4 is 0 Å². The zero-order valence-electron chi connectivity index (χ0n) is 9.84. The SMILES string of the molecule is CN(Cc1csc2ccccc12)C(CO)CO. The molecule has 0 unspecified atom stereocenters. The standard InChI is InChI=1S/C13H17NO2S/c1-14(11(7-15)8-16)6-10-9-17-13-5-3-2-4-12(10)13/h2-5,9,11,15-16H,6-8H2,1H3. The maximum absolute atomic E-state index is 9.14. The van der Waals surface area contributed by atoms with Gasteiger partial charge in [-0.2, -0.15) is 0 Å². The maximum atomic E-state index is 9.14. The number of hydrogen-bond acceptors (Lipinski definition) is 4. The zero-order valence-corrected chi connectivity index (χ0v) is 10.7. The summed E-state index contributed by atoms with van der Waals surface area (Å²) in [7, 11) is 1.92. The van der Waals surface area contributed by atoms with Gasteiger partial charge < -0.3 is 10.2 Å². The van der Waals surface area contributed by atoms with Crippen LogP contribution in [0.5, 0.6) is 0 Å². The lowest BCUT2D eigenvalue weighted by Gasteiger charge is -2.24. The number of thiophene rings is 1. The predicted octanol–water partition coefficient (Wildman–Crippen LogP) is 1.69. The summed E-state index contributed by atoms with van der Waals surface area (Å²) in [6.07, 6.45) is 0. The summed E-state index contributed by atoms with van der Waals surface area (Å²) in [6.45, 7) is 0.708. The molecule has 0 aliphatic carbocycles. The monoisotopic (exact) mass is 251 g/mol. The second-order valence-corrected chi connectivity index (χ2v) is 5.10. The molecule has 0 atom stereocenters. The molecule has 0 bridgehead atoms. The molecule has 0 amide bonds. The van der Waals surface area contributed by atoms with Gasteiger partial charge in [-0.1, -0.05) is 18.2 Å². The molecule has 92 valence electrons. The Hall–Kier alpha value is -0.940. The first kappa shape index (κ1) is 12.5. The van der Waals surface area contributed by atoms with Gasteiger partial charge in [-0.05, 0) is 29.4 Å². The first-order valence-corrected chi connectivity index (χ1v) is 6.51. The summed E-state index contributed by atoms with van der Waals surface area (Å²) < 4.78 is 1.28. The van der Waals surface area contributed by atoms with Gasteiger partial charge in [0, 0.05) is 11.2 Å². The lowest BCUT2D eigenvalue weighted by atomic mass is 10.1. The van der Waals surface area contributed by atoms with Crippen molar-refractivity contribution >= 4 is 21.4 Å². The van der Waals surface area contributed by atoms with Crippen LogP contribution in [0.4, 0.5) is 0 Å². The van der Waals surface area contributed by atoms with E-state index in [0.717, 1.165) is 6.54 Å². The minimum absolute atomic E-state index is 0.0188. The topological polar surface area (TPSA) is 43.7 Å². The normalized spacial score (nSPS) is 11.8. The van der Waals surface area contributed by atoms with Crippen molar-refractivity contribution in [1.82, 2.24) is 4.90 Å². The Morgan fingerprint density at radius 2 is 1.94 bits per heavy atom. The Bertz CT molecular complexity index is 479. The van der Waals surface area contributed by atoms with E-state index in [0.29, 0.717) is 0 Å². The molecule has 17 heavy (non-hydrogen) atoms. The molecule has 1 aromatic heterocycles. The molecule has 1 aromatic carbocycles. The van der Waals surface area contributed by atoms with Gasteiger partial charge in [-0.15, -0.1) is 11.3 Å². The average Bonchev–Trinajstić information content (AvgIpc) is 2.74. The summed E-state index contributed by atoms with van der Waals surface area (Å²) in [5.74, 6) is 0. The molecule has 0 saturated heterocycles. The smallest absolute Gasteiger partial charge is 0.0609 e. The van der Waals surface area contributed by atoms with Crippen LogP contribution in [0, 0.1) is 0 Å². The van der Waals surface area contributed by atoms with Crippen LogP contribution in [0.1, 0.15) is 5.56 Å². The Morgan fingerprint density at radius 3 is 2.65 bits per heavy atom. The molecule has 0 saturated carbocycles. The molecule has 2 rings (SSSR count). The van der Waals surface area contributed by atoms with Gasteiger partial charge in [0.05, 0.1) is 19.3 Å². The molecule has 2 N–H and O–H groups in total. The molecule has 0 radical (unpaired) electrons. The summed E-state index contributed by atoms with van der Waals surface area (Å²) in [5, 5.41) is 21.7. The van der Waals surface area contributed by atoms with Crippen molar-refractivity contribution in [1.29, 1.82) is 0 Å². The van der Waals surface area contributed by atoms with Gasteiger partial charge in [-0.25, -0.2) is 0 Å². The Labute approximate surface area is 105 Å². The third-order valence-corrected chi connectivity index (χ3v) is 4.04. The lowest BCUT2D eigenvalue weighted by Crippen LogP contribution is -2.37. The fourth-order valence-electron chi connectivity index (χ4n) is 1.89. The van der Waals surface area contributed by atoms with E-state index in [1.54, 1.807) is 11.3 Å². The van der Waals surface area contributed by atoms with Crippen molar-refractivity contribution < 1.29 is 10.2 Å². The summed E-state index contributed by atoms with van der Waals surface area (Å²) in [6, 6.07) is 8.11. The van der Waals surface area contributed by atoms with Crippen LogP contribution in [0.25, 0.3) is 10.1 Å². The number of fused-ring (bicyclic) bond motifs is 1. The van der Waals surface area contributed by atoms with Gasteiger partial charge in [0.1, 0.15) is 0 Å². The Kier molecular flexibility index (Phi) is 4.12. The third kappa shape index (κ3) is 2.66. The van der Waals surface area contributed by atoms with E-state index in [1.165, 1.54) is 15.6 Å². The highest BCUT2D eigenvalue weighted by atomic mass is 32.1. The molecule has 0 fully saturated rings. The number of benzene rings is 1. The third-order valence-electron chi connectivity index (χ3n) is 3.03. The maximum Gasteiger partial charge on any atom is 0.0609 e. The van der Waals surface area contributed by atoms with Crippen LogP contribution in [-0.2, 0) is 6.54 Å². The second kappa shape index (κ2) is 5.60. The average molecular weight is 251 g/mol. The number of aliphatic hydroxyl groups is 2. The van der Waals surface area contributed by atoms with Crippen molar-refractivity contribution in [2.75, 3.05) is 20.3 Å². The van der Waals surface area contributed by atoms with E-state index in [2.05, 4.69) is 17.5 Å². The van der Waals surface area contributed by atoms with E-state index in [-0.39, 0.29) is 19.3 Å². The van der Waals surface area contributed by atoms with E-state index in [4.69, 9.17) is 10.2 Å². The first-order chi connectivity index (χ1) is 8.26. The fourth-order valence-corrected chi connectivity index (χ4v) is 2.84. The molecule has 1 heterocycles. The van der Waals surface area contributed by atoms with Crippen LogP contribution in [0.2, 0.25) is 0 Å². The summed E-state index contributed by atoms with van der Waals surface area (Å²) in [5.41, 5.74) is 1.25. The minimum Gasteiger partial charge on any atom is -0.395 e. The number of nitrogens with zero attached hydrogens (tertiary/aromatic N) is 1. The molecular formula is C13H17NO2S. The van der Waals surface area contributed by atoms with Gasteiger partial charge in [0.2, 0.25) is 0 Å². The summed E-state index contributed by atoms with van der Waals surface area (Å²) in [4.78, 5) is 1.98. The molecule has 0 aliphatic rings. The fraction of sp³-hybridized carbons (Fsp3) is 0.385. The minimum atomic E-state index is -0.186. The Balaban J connectivity index is 2.18. The highest BCUT2D eigenvalue weighted by molar-refractivity contribution is 7.17. The molecule has 4 heteroatoms. The number of hydrogen-bond donors (Lipinski definition) is 2. The van der Waals surface area contributed by atoms with Crippen molar-refractivity contribution in [3.8, 4) is 0 Å². The van der Waals surface area contributed by atoms with Crippen LogP contribution in [-0.4, -0.2) is 41.4 Å². The van der Waals surface area contributed by atoms with Gasteiger partial charge in [0.15, 0.2) is 0 Å². The quantitative estimate of drug-likeness (QED) is 0.850. The molecule has 0 aliphatic heterocycles. The summed E-state index contributed by atoms with van der Waals surface area (Å²) >= 11 is 1.73.